The summed E-state index contributed by atoms with van der Waals surface area (Å²) in [5.41, 5.74) is 6.81. The van der Waals surface area contributed by atoms with Gasteiger partial charge in [0.25, 0.3) is 5.91 Å². The van der Waals surface area contributed by atoms with Crippen molar-refractivity contribution in [1.82, 2.24) is 9.88 Å². The number of carbonyl (C=O) groups is 1. The molecule has 18 heavy (non-hydrogen) atoms. The van der Waals surface area contributed by atoms with Gasteiger partial charge < -0.3 is 15.4 Å². The van der Waals surface area contributed by atoms with E-state index >= 15 is 0 Å². The van der Waals surface area contributed by atoms with Gasteiger partial charge in [0.15, 0.2) is 0 Å². The smallest absolute Gasteiger partial charge is 0.254 e. The lowest BCUT2D eigenvalue weighted by atomic mass is 10.2. The van der Waals surface area contributed by atoms with Crippen molar-refractivity contribution in [3.63, 3.8) is 0 Å². The highest BCUT2D eigenvalue weighted by molar-refractivity contribution is 5.94. The molecule has 0 radical (unpaired) electrons. The van der Waals surface area contributed by atoms with E-state index in [2.05, 4.69) is 4.98 Å². The highest BCUT2D eigenvalue weighted by Gasteiger charge is 2.17. The van der Waals surface area contributed by atoms with Crippen LogP contribution in [-0.2, 0) is 11.3 Å². The third-order valence-electron chi connectivity index (χ3n) is 2.66. The van der Waals surface area contributed by atoms with Gasteiger partial charge in [-0.15, -0.1) is 12.4 Å². The van der Waals surface area contributed by atoms with Crippen molar-refractivity contribution in [2.45, 2.75) is 19.5 Å². The molecule has 5 nitrogen and oxygen atoms in total. The normalized spacial score (nSPS) is 11.6. The van der Waals surface area contributed by atoms with Crippen LogP contribution < -0.4 is 5.73 Å². The fourth-order valence-electron chi connectivity index (χ4n) is 1.48. The van der Waals surface area contributed by atoms with Crippen LogP contribution in [0.2, 0.25) is 0 Å². The number of amides is 1. The summed E-state index contributed by atoms with van der Waals surface area (Å²) in [4.78, 5) is 17.8. The molecule has 0 aliphatic heterocycles. The first-order chi connectivity index (χ1) is 8.10. The highest BCUT2D eigenvalue weighted by Crippen LogP contribution is 2.07. The average molecular weight is 274 g/mol. The molecule has 1 amide bonds. The van der Waals surface area contributed by atoms with Gasteiger partial charge in [0.1, 0.15) is 0 Å². The summed E-state index contributed by atoms with van der Waals surface area (Å²) < 4.78 is 5.03. The molecule has 1 heterocycles. The predicted octanol–water partition coefficient (Wildman–Crippen LogP) is 1.07. The summed E-state index contributed by atoms with van der Waals surface area (Å²) in [6, 6.07) is 3.44. The molecular formula is C12H20ClN3O2. The van der Waals surface area contributed by atoms with E-state index < -0.39 is 0 Å². The minimum atomic E-state index is -0.0494. The van der Waals surface area contributed by atoms with Crippen LogP contribution in [0.4, 0.5) is 0 Å². The van der Waals surface area contributed by atoms with E-state index in [1.54, 1.807) is 37.4 Å². The van der Waals surface area contributed by atoms with Gasteiger partial charge >= 0.3 is 0 Å². The Kier molecular flexibility index (Phi) is 7.50. The summed E-state index contributed by atoms with van der Waals surface area (Å²) in [6.07, 6.45) is 1.60. The molecule has 0 aliphatic rings. The number of ether oxygens (including phenoxy) is 1. The number of nitrogens with two attached hydrogens (primary N) is 1. The monoisotopic (exact) mass is 273 g/mol. The van der Waals surface area contributed by atoms with Crippen LogP contribution in [0.5, 0.6) is 0 Å². The zero-order valence-electron chi connectivity index (χ0n) is 10.9. The maximum atomic E-state index is 12.1. The summed E-state index contributed by atoms with van der Waals surface area (Å²) in [5, 5.41) is 0. The summed E-state index contributed by atoms with van der Waals surface area (Å²) in [6.45, 7) is 2.78. The van der Waals surface area contributed by atoms with Crippen molar-refractivity contribution in [1.29, 1.82) is 0 Å². The van der Waals surface area contributed by atoms with Crippen LogP contribution in [0.3, 0.4) is 0 Å². The van der Waals surface area contributed by atoms with E-state index in [1.807, 2.05) is 6.92 Å². The number of hydrogen-bond acceptors (Lipinski definition) is 4. The second kappa shape index (κ2) is 8.02. The van der Waals surface area contributed by atoms with Crippen molar-refractivity contribution in [3.05, 3.63) is 29.6 Å². The molecule has 0 aliphatic carbocycles. The Labute approximate surface area is 114 Å². The number of pyridine rings is 1. The number of rotatable bonds is 5. The van der Waals surface area contributed by atoms with E-state index in [1.165, 1.54) is 0 Å². The van der Waals surface area contributed by atoms with E-state index in [4.69, 9.17) is 10.5 Å². The molecule has 1 unspecified atom stereocenters. The van der Waals surface area contributed by atoms with E-state index in [0.717, 1.165) is 0 Å². The second-order valence-corrected chi connectivity index (χ2v) is 3.96. The number of carbonyl (C=O) groups excluding carboxylic acids is 1. The maximum Gasteiger partial charge on any atom is 0.254 e. The molecule has 0 saturated carbocycles. The van der Waals surface area contributed by atoms with Gasteiger partial charge in [0.2, 0.25) is 0 Å². The number of hydrogen-bond donors (Lipinski definition) is 1. The SMILES string of the molecule is COCC(C)N(C)C(=O)c1ccnc(CN)c1.Cl. The molecule has 1 aromatic rings. The zero-order chi connectivity index (χ0) is 12.8. The fraction of sp³-hybridized carbons (Fsp3) is 0.500. The van der Waals surface area contributed by atoms with Crippen LogP contribution in [0, 0.1) is 0 Å². The molecule has 6 heteroatoms. The second-order valence-electron chi connectivity index (χ2n) is 3.96. The van der Waals surface area contributed by atoms with Crippen molar-refractivity contribution in [3.8, 4) is 0 Å². The minimum absolute atomic E-state index is 0. The van der Waals surface area contributed by atoms with Crippen LogP contribution in [0.15, 0.2) is 18.3 Å². The third kappa shape index (κ3) is 4.25. The average Bonchev–Trinajstić information content (AvgIpc) is 2.37. The molecule has 1 atom stereocenters. The molecule has 0 aromatic carbocycles. The van der Waals surface area contributed by atoms with Gasteiger partial charge in [-0.1, -0.05) is 0 Å². The van der Waals surface area contributed by atoms with E-state index in [-0.39, 0.29) is 24.4 Å². The molecule has 0 bridgehead atoms. The lowest BCUT2D eigenvalue weighted by molar-refractivity contribution is 0.0633. The van der Waals surface area contributed by atoms with Crippen molar-refractivity contribution in [2.75, 3.05) is 20.8 Å². The molecular weight excluding hydrogens is 254 g/mol. The summed E-state index contributed by atoms with van der Waals surface area (Å²) in [5.74, 6) is -0.0494. The quantitative estimate of drug-likeness (QED) is 0.871. The van der Waals surface area contributed by atoms with Gasteiger partial charge in [-0.2, -0.15) is 0 Å². The lowest BCUT2D eigenvalue weighted by Gasteiger charge is -2.24. The number of likely N-dealkylation sites (N-methyl/N-ethyl adjacent to an activating group) is 1. The van der Waals surface area contributed by atoms with Crippen molar-refractivity contribution >= 4 is 18.3 Å². The molecule has 2 N–H and O–H groups in total. The maximum absolute atomic E-state index is 12.1. The van der Waals surface area contributed by atoms with Gasteiger partial charge in [0.05, 0.1) is 18.3 Å². The molecule has 1 aromatic heterocycles. The Morgan fingerprint density at radius 1 is 1.61 bits per heavy atom. The first-order valence-corrected chi connectivity index (χ1v) is 5.51. The Bertz CT molecular complexity index is 387. The third-order valence-corrected chi connectivity index (χ3v) is 2.66. The summed E-state index contributed by atoms with van der Waals surface area (Å²) in [7, 11) is 3.38. The standard InChI is InChI=1S/C12H19N3O2.ClH/c1-9(8-17-3)15(2)12(16)10-4-5-14-11(6-10)7-13;/h4-6,9H,7-8,13H2,1-3H3;1H. The van der Waals surface area contributed by atoms with Crippen molar-refractivity contribution in [2.24, 2.45) is 5.73 Å². The highest BCUT2D eigenvalue weighted by atomic mass is 35.5. The molecule has 0 saturated heterocycles. The Morgan fingerprint density at radius 3 is 2.83 bits per heavy atom. The van der Waals surface area contributed by atoms with E-state index in [0.29, 0.717) is 24.4 Å². The Hall–Kier alpha value is -1.17. The number of nitrogens with zero attached hydrogens (tertiary/aromatic N) is 2. The van der Waals surface area contributed by atoms with Gasteiger partial charge in [-0.25, -0.2) is 0 Å². The lowest BCUT2D eigenvalue weighted by Crippen LogP contribution is -2.37. The van der Waals surface area contributed by atoms with E-state index in [9.17, 15) is 4.79 Å². The van der Waals surface area contributed by atoms with Crippen molar-refractivity contribution < 1.29 is 9.53 Å². The Balaban J connectivity index is 0.00000289. The topological polar surface area (TPSA) is 68.5 Å². The Morgan fingerprint density at radius 2 is 2.28 bits per heavy atom. The van der Waals surface area contributed by atoms with Gasteiger partial charge in [-0.3, -0.25) is 9.78 Å². The largest absolute Gasteiger partial charge is 0.383 e. The number of methoxy groups -OCH3 is 1. The van der Waals surface area contributed by atoms with Crippen LogP contribution in [0.25, 0.3) is 0 Å². The molecule has 0 fully saturated rings. The van der Waals surface area contributed by atoms with Gasteiger partial charge in [-0.05, 0) is 19.1 Å². The van der Waals surface area contributed by atoms with Crippen LogP contribution in [0.1, 0.15) is 23.0 Å². The first-order valence-electron chi connectivity index (χ1n) is 5.51. The molecule has 102 valence electrons. The fourth-order valence-corrected chi connectivity index (χ4v) is 1.48. The zero-order valence-corrected chi connectivity index (χ0v) is 11.7. The molecule has 1 rings (SSSR count). The summed E-state index contributed by atoms with van der Waals surface area (Å²) >= 11 is 0. The molecule has 0 spiro atoms. The number of halogens is 1. The minimum Gasteiger partial charge on any atom is -0.383 e. The van der Waals surface area contributed by atoms with Crippen LogP contribution >= 0.6 is 12.4 Å². The first kappa shape index (κ1) is 16.8. The number of aromatic nitrogens is 1. The van der Waals surface area contributed by atoms with Crippen LogP contribution in [-0.4, -0.2) is 42.6 Å². The predicted molar refractivity (Wildman–Crippen MR) is 72.8 cm³/mol. The van der Waals surface area contributed by atoms with Gasteiger partial charge in [0, 0.05) is 32.5 Å².